The van der Waals surface area contributed by atoms with E-state index in [9.17, 15) is 23.9 Å². The third-order valence-electron chi connectivity index (χ3n) is 8.87. The molecule has 9 nitrogen and oxygen atoms in total. The normalized spacial score (nSPS) is 20.5. The monoisotopic (exact) mass is 571 g/mol. The largest absolute Gasteiger partial charge is 0.388 e. The highest BCUT2D eigenvalue weighted by molar-refractivity contribution is 5.94. The Morgan fingerprint density at radius 1 is 1.00 bits per heavy atom. The van der Waals surface area contributed by atoms with Gasteiger partial charge in [0, 0.05) is 51.3 Å². The molecule has 0 radical (unpaired) electrons. The van der Waals surface area contributed by atoms with Crippen molar-refractivity contribution in [3.63, 3.8) is 0 Å². The highest BCUT2D eigenvalue weighted by Gasteiger charge is 2.42. The zero-order valence-corrected chi connectivity index (χ0v) is 23.5. The predicted molar refractivity (Wildman–Crippen MR) is 155 cm³/mol. The molecule has 1 N–H and O–H groups in total. The first-order chi connectivity index (χ1) is 20.2. The van der Waals surface area contributed by atoms with E-state index in [1.54, 1.807) is 38.8 Å². The van der Waals surface area contributed by atoms with Gasteiger partial charge in [-0.05, 0) is 43.0 Å². The quantitative estimate of drug-likeness (QED) is 0.397. The van der Waals surface area contributed by atoms with E-state index in [0.29, 0.717) is 56.5 Å². The molecule has 2 aliphatic heterocycles. The summed E-state index contributed by atoms with van der Waals surface area (Å²) in [5.74, 6) is -1.53. The molecule has 2 aromatic carbocycles. The Kier molecular flexibility index (Phi) is 7.40. The van der Waals surface area contributed by atoms with Crippen molar-refractivity contribution in [1.29, 1.82) is 0 Å². The number of carbonyl (C=O) groups excluding carboxylic acids is 2. The van der Waals surface area contributed by atoms with Crippen molar-refractivity contribution in [2.24, 2.45) is 13.0 Å². The van der Waals surface area contributed by atoms with E-state index < -0.39 is 11.4 Å². The highest BCUT2D eigenvalue weighted by Crippen LogP contribution is 2.36. The lowest BCUT2D eigenvalue weighted by molar-refractivity contribution is -0.142. The van der Waals surface area contributed by atoms with E-state index in [1.165, 1.54) is 23.0 Å². The Hall–Kier alpha value is -4.31. The molecule has 42 heavy (non-hydrogen) atoms. The molecule has 4 heterocycles. The molecule has 6 rings (SSSR count). The fraction of sp³-hybridized carbons (Fsp3) is 0.375. The summed E-state index contributed by atoms with van der Waals surface area (Å²) in [6.45, 7) is 1.49. The fourth-order valence-electron chi connectivity index (χ4n) is 6.42. The molecule has 0 saturated carbocycles. The molecule has 2 aliphatic rings. The Morgan fingerprint density at radius 3 is 2.45 bits per heavy atom. The topological polar surface area (TPSA) is 101 Å². The Labute approximate surface area is 242 Å². The summed E-state index contributed by atoms with van der Waals surface area (Å²) in [5.41, 5.74) is 0.246. The summed E-state index contributed by atoms with van der Waals surface area (Å²) < 4.78 is 17.6. The lowest BCUT2D eigenvalue weighted by Crippen LogP contribution is -2.53. The number of rotatable bonds is 5. The number of aryl methyl sites for hydroxylation is 1. The van der Waals surface area contributed by atoms with Gasteiger partial charge in [-0.1, -0.05) is 42.5 Å². The maximum Gasteiger partial charge on any atom is 0.262 e. The molecule has 0 bridgehead atoms. The lowest BCUT2D eigenvalue weighted by Gasteiger charge is -2.43. The van der Waals surface area contributed by atoms with Gasteiger partial charge in [0.05, 0.1) is 23.1 Å². The number of piperidine rings is 2. The van der Waals surface area contributed by atoms with Crippen molar-refractivity contribution < 1.29 is 19.1 Å². The number of benzene rings is 2. The molecule has 4 aromatic rings. The zero-order valence-electron chi connectivity index (χ0n) is 23.5. The number of halogens is 1. The van der Waals surface area contributed by atoms with Gasteiger partial charge in [-0.2, -0.15) is 0 Å². The van der Waals surface area contributed by atoms with Crippen LogP contribution in [0, 0.1) is 11.7 Å². The summed E-state index contributed by atoms with van der Waals surface area (Å²) in [4.78, 5) is 48.0. The number of fused-ring (bicyclic) bond motifs is 1. The predicted octanol–water partition coefficient (Wildman–Crippen LogP) is 3.17. The molecule has 2 amide bonds. The van der Waals surface area contributed by atoms with Crippen LogP contribution in [0.1, 0.15) is 41.1 Å². The van der Waals surface area contributed by atoms with Gasteiger partial charge in [0.25, 0.3) is 11.5 Å². The van der Waals surface area contributed by atoms with Crippen LogP contribution in [0.5, 0.6) is 0 Å². The van der Waals surface area contributed by atoms with Gasteiger partial charge in [0.15, 0.2) is 0 Å². The van der Waals surface area contributed by atoms with Crippen LogP contribution in [0.15, 0.2) is 78.0 Å². The third-order valence-corrected chi connectivity index (χ3v) is 8.87. The van der Waals surface area contributed by atoms with Gasteiger partial charge in [-0.25, -0.2) is 9.37 Å². The Bertz CT molecular complexity index is 1680. The van der Waals surface area contributed by atoms with Crippen LogP contribution in [0.4, 0.5) is 4.39 Å². The van der Waals surface area contributed by atoms with Crippen LogP contribution in [0.25, 0.3) is 11.0 Å². The average molecular weight is 572 g/mol. The summed E-state index contributed by atoms with van der Waals surface area (Å²) >= 11 is 0. The first-order valence-corrected chi connectivity index (χ1v) is 14.3. The minimum Gasteiger partial charge on any atom is -0.388 e. The molecule has 2 fully saturated rings. The maximum atomic E-state index is 14.4. The van der Waals surface area contributed by atoms with E-state index in [1.807, 2.05) is 37.4 Å². The summed E-state index contributed by atoms with van der Waals surface area (Å²) in [5, 5.41) is 11.9. The molecule has 0 spiro atoms. The molecule has 2 saturated heterocycles. The maximum absolute atomic E-state index is 14.4. The van der Waals surface area contributed by atoms with Crippen molar-refractivity contribution in [3.8, 4) is 0 Å². The van der Waals surface area contributed by atoms with Gasteiger partial charge in [0.1, 0.15) is 17.8 Å². The number of nitrogens with zero attached hydrogens (tertiary/aromatic N) is 5. The van der Waals surface area contributed by atoms with Crippen molar-refractivity contribution in [2.45, 2.75) is 37.3 Å². The molecular formula is C32H34FN5O4. The van der Waals surface area contributed by atoms with E-state index in [4.69, 9.17) is 0 Å². The molecule has 2 atom stereocenters. The molecular weight excluding hydrogens is 537 g/mol. The number of hydrogen-bond acceptors (Lipinski definition) is 5. The summed E-state index contributed by atoms with van der Waals surface area (Å²) in [6.07, 6.45) is 4.38. The first kappa shape index (κ1) is 27.8. The van der Waals surface area contributed by atoms with E-state index in [0.717, 1.165) is 5.56 Å². The zero-order chi connectivity index (χ0) is 29.4. The van der Waals surface area contributed by atoms with E-state index in [2.05, 4.69) is 4.98 Å². The average Bonchev–Trinajstić information content (AvgIpc) is 3.39. The number of likely N-dealkylation sites (tertiary alicyclic amines) is 2. The van der Waals surface area contributed by atoms with Crippen LogP contribution < -0.4 is 5.56 Å². The van der Waals surface area contributed by atoms with Crippen LogP contribution >= 0.6 is 0 Å². The third kappa shape index (κ3) is 5.22. The fourth-order valence-corrected chi connectivity index (χ4v) is 6.42. The smallest absolute Gasteiger partial charge is 0.262 e. The minimum atomic E-state index is -1.14. The molecule has 0 unspecified atom stereocenters. The highest BCUT2D eigenvalue weighted by atomic mass is 19.1. The SMILES string of the molecule is Cn1ccc2c(=O)n(CC3(O)CCN(C(=O)[C@@H]4CCN(C(=O)c5ccccc5F)C[C@H]4c4ccccc4)CC3)cnc21. The Morgan fingerprint density at radius 2 is 1.71 bits per heavy atom. The Balaban J connectivity index is 1.16. The van der Waals surface area contributed by atoms with Crippen LogP contribution in [-0.4, -0.2) is 72.6 Å². The number of hydrogen-bond donors (Lipinski definition) is 1. The number of aliphatic hydroxyl groups is 1. The molecule has 0 aliphatic carbocycles. The first-order valence-electron chi connectivity index (χ1n) is 14.3. The van der Waals surface area contributed by atoms with Crippen LogP contribution in [-0.2, 0) is 18.4 Å². The van der Waals surface area contributed by atoms with Crippen LogP contribution in [0.2, 0.25) is 0 Å². The summed E-state index contributed by atoms with van der Waals surface area (Å²) in [6, 6.07) is 17.4. The van der Waals surface area contributed by atoms with Crippen LogP contribution in [0.3, 0.4) is 0 Å². The van der Waals surface area contributed by atoms with Gasteiger partial charge in [-0.15, -0.1) is 0 Å². The minimum absolute atomic E-state index is 0.00608. The van der Waals surface area contributed by atoms with Gasteiger partial charge >= 0.3 is 0 Å². The standard InChI is InChI=1S/C32H34FN5O4/c1-35-15-11-25-28(35)34-21-38(31(25)41)20-32(42)13-17-36(18-14-32)29(39)23-12-16-37(19-26(23)22-7-3-2-4-8-22)30(40)24-9-5-6-10-27(24)33/h2-11,15,21,23,26,42H,12-14,16-20H2,1H3/t23-,26+/m1/s1. The van der Waals surface area contributed by atoms with E-state index in [-0.39, 0.29) is 41.3 Å². The van der Waals surface area contributed by atoms with Crippen molar-refractivity contribution >= 4 is 22.8 Å². The van der Waals surface area contributed by atoms with Crippen molar-refractivity contribution in [1.82, 2.24) is 23.9 Å². The van der Waals surface area contributed by atoms with Gasteiger partial charge in [0.2, 0.25) is 5.91 Å². The van der Waals surface area contributed by atoms with Crippen molar-refractivity contribution in [2.75, 3.05) is 26.2 Å². The van der Waals surface area contributed by atoms with Gasteiger partial charge in [-0.3, -0.25) is 19.0 Å². The molecule has 218 valence electrons. The van der Waals surface area contributed by atoms with Gasteiger partial charge < -0.3 is 19.5 Å². The number of amides is 2. The van der Waals surface area contributed by atoms with Crippen molar-refractivity contribution in [3.05, 3.63) is 100 Å². The number of aromatic nitrogens is 3. The van der Waals surface area contributed by atoms with E-state index >= 15 is 0 Å². The molecule has 10 heteroatoms. The lowest BCUT2D eigenvalue weighted by atomic mass is 9.79. The second-order valence-electron chi connectivity index (χ2n) is 11.5. The second-order valence-corrected chi connectivity index (χ2v) is 11.5. The molecule has 2 aromatic heterocycles. The second kappa shape index (κ2) is 11.2. The summed E-state index contributed by atoms with van der Waals surface area (Å²) in [7, 11) is 1.83. The number of carbonyl (C=O) groups is 2.